The second kappa shape index (κ2) is 6.21. The largest absolute Gasteiger partial charge is 0.370 e. The van der Waals surface area contributed by atoms with Crippen molar-refractivity contribution < 1.29 is 4.74 Å². The van der Waals surface area contributed by atoms with E-state index in [-0.39, 0.29) is 5.60 Å². The van der Waals surface area contributed by atoms with E-state index >= 15 is 0 Å². The first kappa shape index (κ1) is 16.4. The van der Waals surface area contributed by atoms with Crippen molar-refractivity contribution >= 4 is 12.0 Å². The van der Waals surface area contributed by atoms with Gasteiger partial charge >= 0.3 is 0 Å². The van der Waals surface area contributed by atoms with Gasteiger partial charge in [0, 0.05) is 49.9 Å². The average Bonchev–Trinajstić information content (AvgIpc) is 2.53. The van der Waals surface area contributed by atoms with Crippen LogP contribution in [0, 0.1) is 5.41 Å². The van der Waals surface area contributed by atoms with Crippen LogP contribution >= 0.6 is 0 Å². The first-order valence-electron chi connectivity index (χ1n) is 8.58. The lowest BCUT2D eigenvalue weighted by Crippen LogP contribution is -2.45. The van der Waals surface area contributed by atoms with E-state index in [1.807, 2.05) is 0 Å². The highest BCUT2D eigenvalue weighted by atomic mass is 16.5. The molecule has 2 aliphatic rings. The molecule has 2 aliphatic heterocycles. The maximum Gasteiger partial charge on any atom is 0.138 e. The van der Waals surface area contributed by atoms with Crippen LogP contribution in [0.3, 0.4) is 0 Å². The first-order valence-corrected chi connectivity index (χ1v) is 8.58. The molecule has 126 valence electrons. The standard InChI is InChI=1S/C18H28N4O/c1-12(2)16-15-11-23-18(3,4)9-13(15)14(10-19)17(21-16)22-7-5-20-6-8-22/h10,12,19-20H,5-9,11H2,1-4H3. The molecule has 5 nitrogen and oxygen atoms in total. The van der Waals surface area contributed by atoms with Crippen molar-refractivity contribution in [1.82, 2.24) is 10.3 Å². The number of nitrogens with zero attached hydrogens (tertiary/aromatic N) is 2. The van der Waals surface area contributed by atoms with Crippen molar-refractivity contribution in [2.24, 2.45) is 0 Å². The Kier molecular flexibility index (Phi) is 4.43. The SMILES string of the molecule is CC(C)c1nc(N2CCNCC2)c(C=N)c2c1COC(C)(C)C2. The van der Waals surface area contributed by atoms with Crippen LogP contribution in [0.1, 0.15) is 56.0 Å². The predicted octanol–water partition coefficient (Wildman–Crippen LogP) is 2.46. The zero-order valence-corrected chi connectivity index (χ0v) is 14.7. The fourth-order valence-electron chi connectivity index (χ4n) is 3.55. The molecule has 0 aromatic carbocycles. The number of rotatable bonds is 3. The smallest absolute Gasteiger partial charge is 0.138 e. The summed E-state index contributed by atoms with van der Waals surface area (Å²) in [4.78, 5) is 7.32. The third-order valence-electron chi connectivity index (χ3n) is 4.78. The molecule has 1 aromatic rings. The molecule has 0 spiro atoms. The van der Waals surface area contributed by atoms with Crippen LogP contribution < -0.4 is 10.2 Å². The molecule has 0 unspecified atom stereocenters. The number of pyridine rings is 1. The quantitative estimate of drug-likeness (QED) is 0.841. The molecule has 2 N–H and O–H groups in total. The summed E-state index contributed by atoms with van der Waals surface area (Å²) in [6.45, 7) is 13.1. The molecule has 23 heavy (non-hydrogen) atoms. The molecule has 1 saturated heterocycles. The fourth-order valence-corrected chi connectivity index (χ4v) is 3.55. The molecule has 5 heteroatoms. The summed E-state index contributed by atoms with van der Waals surface area (Å²) in [5, 5.41) is 11.4. The lowest BCUT2D eigenvalue weighted by atomic mass is 9.86. The number of hydrogen-bond acceptors (Lipinski definition) is 5. The van der Waals surface area contributed by atoms with E-state index in [0.29, 0.717) is 12.5 Å². The van der Waals surface area contributed by atoms with E-state index in [2.05, 4.69) is 37.9 Å². The van der Waals surface area contributed by atoms with Gasteiger partial charge in [0.05, 0.1) is 17.9 Å². The number of fused-ring (bicyclic) bond motifs is 1. The van der Waals surface area contributed by atoms with Crippen molar-refractivity contribution in [2.75, 3.05) is 31.1 Å². The second-order valence-corrected chi connectivity index (χ2v) is 7.45. The fraction of sp³-hybridized carbons (Fsp3) is 0.667. The van der Waals surface area contributed by atoms with E-state index in [9.17, 15) is 0 Å². The molecular formula is C18H28N4O. The molecule has 1 aromatic heterocycles. The lowest BCUT2D eigenvalue weighted by Gasteiger charge is -2.37. The zero-order chi connectivity index (χ0) is 16.6. The molecule has 0 saturated carbocycles. The number of hydrogen-bond donors (Lipinski definition) is 2. The zero-order valence-electron chi connectivity index (χ0n) is 14.7. The van der Waals surface area contributed by atoms with Crippen LogP contribution in [0.4, 0.5) is 5.82 Å². The maximum atomic E-state index is 8.00. The van der Waals surface area contributed by atoms with E-state index in [1.165, 1.54) is 17.3 Å². The van der Waals surface area contributed by atoms with Crippen LogP contribution in [0.2, 0.25) is 0 Å². The minimum absolute atomic E-state index is 0.179. The van der Waals surface area contributed by atoms with E-state index < -0.39 is 0 Å². The van der Waals surface area contributed by atoms with Gasteiger partial charge in [-0.2, -0.15) is 0 Å². The molecule has 3 heterocycles. The van der Waals surface area contributed by atoms with Crippen LogP contribution in [-0.4, -0.2) is 43.0 Å². The van der Waals surface area contributed by atoms with Crippen molar-refractivity contribution in [2.45, 2.75) is 52.2 Å². The van der Waals surface area contributed by atoms with Gasteiger partial charge in [-0.1, -0.05) is 13.8 Å². The van der Waals surface area contributed by atoms with Crippen molar-refractivity contribution in [1.29, 1.82) is 5.41 Å². The minimum atomic E-state index is -0.179. The van der Waals surface area contributed by atoms with Crippen molar-refractivity contribution in [3.8, 4) is 0 Å². The summed E-state index contributed by atoms with van der Waals surface area (Å²) in [6, 6.07) is 0. The summed E-state index contributed by atoms with van der Waals surface area (Å²) >= 11 is 0. The summed E-state index contributed by atoms with van der Waals surface area (Å²) in [7, 11) is 0. The van der Waals surface area contributed by atoms with Gasteiger partial charge in [0.25, 0.3) is 0 Å². The topological polar surface area (TPSA) is 61.2 Å². The Morgan fingerprint density at radius 2 is 1.96 bits per heavy atom. The average molecular weight is 316 g/mol. The molecule has 0 aliphatic carbocycles. The molecule has 0 radical (unpaired) electrons. The third-order valence-corrected chi connectivity index (χ3v) is 4.78. The van der Waals surface area contributed by atoms with E-state index in [1.54, 1.807) is 0 Å². The number of anilines is 1. The molecule has 1 fully saturated rings. The van der Waals surface area contributed by atoms with Crippen LogP contribution in [0.5, 0.6) is 0 Å². The highest BCUT2D eigenvalue weighted by Gasteiger charge is 2.32. The normalized spacial score (nSPS) is 20.5. The maximum absolute atomic E-state index is 8.00. The third kappa shape index (κ3) is 3.12. The van der Waals surface area contributed by atoms with Gasteiger partial charge in [0.2, 0.25) is 0 Å². The van der Waals surface area contributed by atoms with Gasteiger partial charge in [0.1, 0.15) is 5.82 Å². The molecule has 0 atom stereocenters. The highest BCUT2D eigenvalue weighted by Crippen LogP contribution is 2.37. The first-order chi connectivity index (χ1) is 10.9. The number of nitrogens with one attached hydrogen (secondary N) is 2. The Hall–Kier alpha value is -1.46. The van der Waals surface area contributed by atoms with Gasteiger partial charge in [-0.15, -0.1) is 0 Å². The Balaban J connectivity index is 2.16. The molecular weight excluding hydrogens is 288 g/mol. The van der Waals surface area contributed by atoms with E-state index in [0.717, 1.165) is 49.7 Å². The van der Waals surface area contributed by atoms with E-state index in [4.69, 9.17) is 15.1 Å². The van der Waals surface area contributed by atoms with Crippen molar-refractivity contribution in [3.05, 3.63) is 22.4 Å². The Morgan fingerprint density at radius 1 is 1.26 bits per heavy atom. The van der Waals surface area contributed by atoms with Gasteiger partial charge in [0.15, 0.2) is 0 Å². The van der Waals surface area contributed by atoms with Gasteiger partial charge in [-0.25, -0.2) is 4.98 Å². The summed E-state index contributed by atoms with van der Waals surface area (Å²) in [6.07, 6.45) is 2.34. The van der Waals surface area contributed by atoms with Gasteiger partial charge in [-0.3, -0.25) is 0 Å². The van der Waals surface area contributed by atoms with Crippen LogP contribution in [0.25, 0.3) is 0 Å². The Labute approximate surface area is 138 Å². The number of aromatic nitrogens is 1. The predicted molar refractivity (Wildman–Crippen MR) is 93.9 cm³/mol. The molecule has 3 rings (SSSR count). The summed E-state index contributed by atoms with van der Waals surface area (Å²) in [5.41, 5.74) is 4.42. The highest BCUT2D eigenvalue weighted by molar-refractivity contribution is 5.88. The Bertz CT molecular complexity index is 604. The minimum Gasteiger partial charge on any atom is -0.370 e. The van der Waals surface area contributed by atoms with Gasteiger partial charge in [-0.05, 0) is 25.3 Å². The molecule has 0 bridgehead atoms. The van der Waals surface area contributed by atoms with Crippen LogP contribution in [-0.2, 0) is 17.8 Å². The summed E-state index contributed by atoms with van der Waals surface area (Å²) in [5.74, 6) is 1.34. The Morgan fingerprint density at radius 3 is 2.57 bits per heavy atom. The van der Waals surface area contributed by atoms with Gasteiger partial charge < -0.3 is 20.4 Å². The summed E-state index contributed by atoms with van der Waals surface area (Å²) < 4.78 is 6.03. The molecule has 0 amide bonds. The lowest BCUT2D eigenvalue weighted by molar-refractivity contribution is -0.0407. The number of ether oxygens (including phenoxy) is 1. The van der Waals surface area contributed by atoms with Crippen molar-refractivity contribution in [3.63, 3.8) is 0 Å². The monoisotopic (exact) mass is 316 g/mol. The number of piperazine rings is 1. The van der Waals surface area contributed by atoms with Crippen LogP contribution in [0.15, 0.2) is 0 Å². The second-order valence-electron chi connectivity index (χ2n) is 7.45.